The molecular formula is C10H18O4. The molecule has 0 N–H and O–H groups in total. The molecule has 1 aliphatic heterocycles. The van der Waals surface area contributed by atoms with Crippen molar-refractivity contribution in [2.24, 2.45) is 11.8 Å². The third-order valence-corrected chi connectivity index (χ3v) is 2.70. The zero-order chi connectivity index (χ0) is 10.8. The van der Waals surface area contributed by atoms with Crippen molar-refractivity contribution in [1.82, 2.24) is 0 Å². The van der Waals surface area contributed by atoms with Crippen molar-refractivity contribution in [2.75, 3.05) is 20.3 Å². The molecule has 1 fully saturated rings. The average molecular weight is 202 g/mol. The van der Waals surface area contributed by atoms with Crippen LogP contribution in [0.15, 0.2) is 0 Å². The van der Waals surface area contributed by atoms with Crippen LogP contribution < -0.4 is 0 Å². The fourth-order valence-corrected chi connectivity index (χ4v) is 1.87. The van der Waals surface area contributed by atoms with Gasteiger partial charge >= 0.3 is 5.97 Å². The fourth-order valence-electron chi connectivity index (χ4n) is 1.87. The van der Waals surface area contributed by atoms with Crippen LogP contribution in [-0.4, -0.2) is 32.1 Å². The highest BCUT2D eigenvalue weighted by molar-refractivity contribution is 5.73. The lowest BCUT2D eigenvalue weighted by Crippen LogP contribution is -2.46. The van der Waals surface area contributed by atoms with Crippen molar-refractivity contribution < 1.29 is 19.0 Å². The molecular weight excluding hydrogens is 184 g/mol. The van der Waals surface area contributed by atoms with Gasteiger partial charge in [0.05, 0.1) is 20.3 Å². The molecule has 1 saturated heterocycles. The van der Waals surface area contributed by atoms with Gasteiger partial charge in [-0.3, -0.25) is 4.79 Å². The third kappa shape index (κ3) is 1.77. The van der Waals surface area contributed by atoms with Gasteiger partial charge in [0.15, 0.2) is 5.79 Å². The largest absolute Gasteiger partial charge is 0.469 e. The monoisotopic (exact) mass is 202 g/mol. The lowest BCUT2D eigenvalue weighted by Gasteiger charge is -2.35. The van der Waals surface area contributed by atoms with E-state index < -0.39 is 11.7 Å². The van der Waals surface area contributed by atoms with Crippen LogP contribution in [0.5, 0.6) is 0 Å². The fraction of sp³-hybridized carbons (Fsp3) is 0.900. The van der Waals surface area contributed by atoms with Gasteiger partial charge in [0.25, 0.3) is 0 Å². The summed E-state index contributed by atoms with van der Waals surface area (Å²) in [4.78, 5) is 11.4. The number of esters is 1. The maximum Gasteiger partial charge on any atom is 0.313 e. The molecule has 1 aliphatic rings. The summed E-state index contributed by atoms with van der Waals surface area (Å²) in [7, 11) is 1.38. The van der Waals surface area contributed by atoms with Gasteiger partial charge in [-0.15, -0.1) is 0 Å². The Bertz CT molecular complexity index is 206. The molecule has 4 heteroatoms. The number of hydrogen-bond donors (Lipinski definition) is 0. The van der Waals surface area contributed by atoms with Crippen molar-refractivity contribution in [2.45, 2.75) is 26.6 Å². The topological polar surface area (TPSA) is 44.8 Å². The summed E-state index contributed by atoms with van der Waals surface area (Å²) in [5.41, 5.74) is 0. The molecule has 4 nitrogen and oxygen atoms in total. The van der Waals surface area contributed by atoms with Gasteiger partial charge in [0.1, 0.15) is 5.92 Å². The minimum atomic E-state index is -0.799. The Morgan fingerprint density at radius 1 is 1.29 bits per heavy atom. The molecule has 0 bridgehead atoms. The third-order valence-electron chi connectivity index (χ3n) is 2.70. The summed E-state index contributed by atoms with van der Waals surface area (Å²) < 4.78 is 15.8. The molecule has 1 unspecified atom stereocenters. The van der Waals surface area contributed by atoms with E-state index in [4.69, 9.17) is 14.2 Å². The Balaban J connectivity index is 2.82. The molecule has 0 aromatic heterocycles. The zero-order valence-corrected chi connectivity index (χ0v) is 9.20. The van der Waals surface area contributed by atoms with E-state index in [0.717, 1.165) is 0 Å². The SMILES string of the molecule is COC(=O)C(C)C1(C(C)C)OCCO1. The normalized spacial score (nSPS) is 22.4. The molecule has 0 aromatic rings. The summed E-state index contributed by atoms with van der Waals surface area (Å²) >= 11 is 0. The second kappa shape index (κ2) is 4.28. The Morgan fingerprint density at radius 2 is 1.79 bits per heavy atom. The molecule has 0 saturated carbocycles. The van der Waals surface area contributed by atoms with E-state index in [0.29, 0.717) is 13.2 Å². The average Bonchev–Trinajstić information content (AvgIpc) is 2.65. The van der Waals surface area contributed by atoms with Gasteiger partial charge in [-0.2, -0.15) is 0 Å². The minimum Gasteiger partial charge on any atom is -0.469 e. The van der Waals surface area contributed by atoms with E-state index in [-0.39, 0.29) is 11.9 Å². The first-order chi connectivity index (χ1) is 6.54. The summed E-state index contributed by atoms with van der Waals surface area (Å²) in [5.74, 6) is -1.36. The van der Waals surface area contributed by atoms with Gasteiger partial charge in [0, 0.05) is 5.92 Å². The standard InChI is InChI=1S/C10H18O4/c1-7(2)10(13-5-6-14-10)8(3)9(11)12-4/h7-8H,5-6H2,1-4H3. The molecule has 0 spiro atoms. The van der Waals surface area contributed by atoms with Gasteiger partial charge in [-0.1, -0.05) is 13.8 Å². The lowest BCUT2D eigenvalue weighted by molar-refractivity contribution is -0.226. The highest BCUT2D eigenvalue weighted by Gasteiger charge is 2.48. The summed E-state index contributed by atoms with van der Waals surface area (Å²) in [6, 6.07) is 0. The van der Waals surface area contributed by atoms with Crippen molar-refractivity contribution in [1.29, 1.82) is 0 Å². The van der Waals surface area contributed by atoms with Crippen LogP contribution in [-0.2, 0) is 19.0 Å². The van der Waals surface area contributed by atoms with Crippen molar-refractivity contribution in [3.63, 3.8) is 0 Å². The van der Waals surface area contributed by atoms with E-state index in [2.05, 4.69) is 0 Å². The van der Waals surface area contributed by atoms with E-state index in [1.54, 1.807) is 6.92 Å². The summed E-state index contributed by atoms with van der Waals surface area (Å²) in [6.07, 6.45) is 0. The van der Waals surface area contributed by atoms with Crippen molar-refractivity contribution >= 4 is 5.97 Å². The second-order valence-corrected chi connectivity index (χ2v) is 3.82. The van der Waals surface area contributed by atoms with Crippen LogP contribution >= 0.6 is 0 Å². The predicted molar refractivity (Wildman–Crippen MR) is 50.7 cm³/mol. The minimum absolute atomic E-state index is 0.124. The van der Waals surface area contributed by atoms with E-state index >= 15 is 0 Å². The van der Waals surface area contributed by atoms with Crippen LogP contribution in [0.4, 0.5) is 0 Å². The molecule has 0 aromatic carbocycles. The van der Waals surface area contributed by atoms with E-state index in [1.807, 2.05) is 13.8 Å². The molecule has 1 atom stereocenters. The van der Waals surface area contributed by atoms with Gasteiger partial charge < -0.3 is 14.2 Å². The van der Waals surface area contributed by atoms with Crippen LogP contribution in [0.3, 0.4) is 0 Å². The predicted octanol–water partition coefficient (Wildman–Crippen LogP) is 1.19. The quantitative estimate of drug-likeness (QED) is 0.645. The number of methoxy groups -OCH3 is 1. The summed E-state index contributed by atoms with van der Waals surface area (Å²) in [6.45, 7) is 6.81. The van der Waals surface area contributed by atoms with Gasteiger partial charge in [-0.05, 0) is 6.92 Å². The second-order valence-electron chi connectivity index (χ2n) is 3.82. The van der Waals surface area contributed by atoms with Gasteiger partial charge in [-0.25, -0.2) is 0 Å². The Hall–Kier alpha value is -0.610. The van der Waals surface area contributed by atoms with E-state index in [1.165, 1.54) is 7.11 Å². The highest BCUT2D eigenvalue weighted by atomic mass is 16.7. The van der Waals surface area contributed by atoms with Crippen molar-refractivity contribution in [3.05, 3.63) is 0 Å². The Kier molecular flexibility index (Phi) is 3.50. The highest BCUT2D eigenvalue weighted by Crippen LogP contribution is 2.35. The molecule has 82 valence electrons. The zero-order valence-electron chi connectivity index (χ0n) is 9.20. The maximum absolute atomic E-state index is 11.4. The molecule has 1 heterocycles. The first-order valence-corrected chi connectivity index (χ1v) is 4.90. The molecule has 0 amide bonds. The van der Waals surface area contributed by atoms with Crippen molar-refractivity contribution in [3.8, 4) is 0 Å². The molecule has 14 heavy (non-hydrogen) atoms. The molecule has 0 radical (unpaired) electrons. The molecule has 1 rings (SSSR count). The number of rotatable bonds is 3. The summed E-state index contributed by atoms with van der Waals surface area (Å²) in [5, 5.41) is 0. The van der Waals surface area contributed by atoms with Gasteiger partial charge in [0.2, 0.25) is 0 Å². The smallest absolute Gasteiger partial charge is 0.313 e. The number of carbonyl (C=O) groups is 1. The Labute approximate surface area is 84.5 Å². The van der Waals surface area contributed by atoms with E-state index in [9.17, 15) is 4.79 Å². The number of ether oxygens (including phenoxy) is 3. The number of hydrogen-bond acceptors (Lipinski definition) is 4. The number of carbonyl (C=O) groups excluding carboxylic acids is 1. The van der Waals surface area contributed by atoms with Crippen LogP contribution in [0.2, 0.25) is 0 Å². The van der Waals surface area contributed by atoms with Crippen LogP contribution in [0.1, 0.15) is 20.8 Å². The Morgan fingerprint density at radius 3 is 2.14 bits per heavy atom. The first-order valence-electron chi connectivity index (χ1n) is 4.90. The van der Waals surface area contributed by atoms with Crippen LogP contribution in [0.25, 0.3) is 0 Å². The molecule has 0 aliphatic carbocycles. The maximum atomic E-state index is 11.4. The van der Waals surface area contributed by atoms with Crippen LogP contribution in [0, 0.1) is 11.8 Å². The first kappa shape index (κ1) is 11.5. The lowest BCUT2D eigenvalue weighted by atomic mass is 9.90.